The quantitative estimate of drug-likeness (QED) is 0.439. The second kappa shape index (κ2) is 10.7. The van der Waals surface area contributed by atoms with Crippen LogP contribution in [0.5, 0.6) is 0 Å². The number of thioether (sulfide) groups is 1. The van der Waals surface area contributed by atoms with Crippen molar-refractivity contribution in [1.82, 2.24) is 9.88 Å². The van der Waals surface area contributed by atoms with Crippen LogP contribution < -0.4 is 4.90 Å². The van der Waals surface area contributed by atoms with Crippen molar-refractivity contribution >= 4 is 44.4 Å². The van der Waals surface area contributed by atoms with E-state index >= 15 is 0 Å². The largest absolute Gasteiger partial charge is 0.379 e. The lowest BCUT2D eigenvalue weighted by molar-refractivity contribution is -0.116. The van der Waals surface area contributed by atoms with E-state index in [1.807, 2.05) is 31.2 Å². The van der Waals surface area contributed by atoms with Gasteiger partial charge in [0.25, 0.3) is 0 Å². The number of amides is 1. The van der Waals surface area contributed by atoms with Crippen molar-refractivity contribution in [3.63, 3.8) is 0 Å². The van der Waals surface area contributed by atoms with E-state index in [1.165, 1.54) is 17.8 Å². The average Bonchev–Trinajstić information content (AvgIpc) is 3.21. The van der Waals surface area contributed by atoms with Crippen molar-refractivity contribution in [3.8, 4) is 0 Å². The Morgan fingerprint density at radius 2 is 1.97 bits per heavy atom. The SMILES string of the molecule is Cc1ccc(SCC(=O)N(CCCN2CCOCC2)c2nc3c(F)cc(F)cc3s2)cc1. The fraction of sp³-hybridized carbons (Fsp3) is 0.391. The number of morpholine rings is 1. The average molecular weight is 478 g/mol. The van der Waals surface area contributed by atoms with E-state index in [2.05, 4.69) is 9.88 Å². The number of carbonyl (C=O) groups excluding carboxylic acids is 1. The molecule has 2 heterocycles. The molecule has 3 aromatic rings. The third kappa shape index (κ3) is 5.83. The summed E-state index contributed by atoms with van der Waals surface area (Å²) >= 11 is 2.60. The van der Waals surface area contributed by atoms with E-state index in [4.69, 9.17) is 4.74 Å². The Morgan fingerprint density at radius 1 is 1.22 bits per heavy atom. The van der Waals surface area contributed by atoms with Gasteiger partial charge in [0.05, 0.1) is 23.7 Å². The van der Waals surface area contributed by atoms with Crippen LogP contribution >= 0.6 is 23.1 Å². The van der Waals surface area contributed by atoms with Crippen LogP contribution in [0.25, 0.3) is 10.2 Å². The molecule has 0 bridgehead atoms. The van der Waals surface area contributed by atoms with Crippen molar-refractivity contribution in [2.75, 3.05) is 50.0 Å². The van der Waals surface area contributed by atoms with E-state index < -0.39 is 11.6 Å². The topological polar surface area (TPSA) is 45.7 Å². The minimum atomic E-state index is -0.711. The monoisotopic (exact) mass is 477 g/mol. The molecule has 170 valence electrons. The zero-order valence-corrected chi connectivity index (χ0v) is 19.5. The molecule has 1 amide bonds. The Kier molecular flexibility index (Phi) is 7.72. The summed E-state index contributed by atoms with van der Waals surface area (Å²) in [5, 5.41) is 0.404. The van der Waals surface area contributed by atoms with Crippen LogP contribution in [0.4, 0.5) is 13.9 Å². The summed E-state index contributed by atoms with van der Waals surface area (Å²) in [6.45, 7) is 6.52. The number of rotatable bonds is 8. The number of aromatic nitrogens is 1. The number of hydrogen-bond donors (Lipinski definition) is 0. The molecule has 1 saturated heterocycles. The number of thiazole rings is 1. The van der Waals surface area contributed by atoms with Gasteiger partial charge in [0.15, 0.2) is 10.9 Å². The van der Waals surface area contributed by atoms with Crippen LogP contribution in [-0.2, 0) is 9.53 Å². The predicted molar refractivity (Wildman–Crippen MR) is 126 cm³/mol. The number of aryl methyl sites for hydroxylation is 1. The Hall–Kier alpha value is -2.07. The standard InChI is InChI=1S/C23H25F2N3O2S2/c1-16-3-5-18(6-4-16)31-15-21(29)28(8-2-7-27-9-11-30-12-10-27)23-26-22-19(25)13-17(24)14-20(22)32-23/h3-6,13-14H,2,7-12,15H2,1H3. The lowest BCUT2D eigenvalue weighted by atomic mass is 10.2. The summed E-state index contributed by atoms with van der Waals surface area (Å²) in [7, 11) is 0. The molecule has 2 aromatic carbocycles. The summed E-state index contributed by atoms with van der Waals surface area (Å²) in [6.07, 6.45) is 0.758. The zero-order chi connectivity index (χ0) is 22.5. The number of ether oxygens (including phenoxy) is 1. The molecular weight excluding hydrogens is 452 g/mol. The van der Waals surface area contributed by atoms with E-state index in [0.29, 0.717) is 16.4 Å². The molecule has 0 N–H and O–H groups in total. The Bertz CT molecular complexity index is 1070. The van der Waals surface area contributed by atoms with Gasteiger partial charge in [-0.1, -0.05) is 29.0 Å². The maximum Gasteiger partial charge on any atom is 0.239 e. The lowest BCUT2D eigenvalue weighted by Gasteiger charge is -2.27. The van der Waals surface area contributed by atoms with Crippen LogP contribution in [0, 0.1) is 18.6 Å². The molecule has 1 fully saturated rings. The Morgan fingerprint density at radius 3 is 2.72 bits per heavy atom. The molecule has 1 aliphatic heterocycles. The minimum Gasteiger partial charge on any atom is -0.379 e. The predicted octanol–water partition coefficient (Wildman–Crippen LogP) is 4.73. The van der Waals surface area contributed by atoms with Gasteiger partial charge in [-0.25, -0.2) is 13.8 Å². The second-order valence-electron chi connectivity index (χ2n) is 7.69. The van der Waals surface area contributed by atoms with Crippen LogP contribution in [0.15, 0.2) is 41.3 Å². The van der Waals surface area contributed by atoms with Crippen molar-refractivity contribution in [2.24, 2.45) is 0 Å². The van der Waals surface area contributed by atoms with Crippen molar-refractivity contribution in [3.05, 3.63) is 53.6 Å². The first-order chi connectivity index (χ1) is 15.5. The van der Waals surface area contributed by atoms with Crippen molar-refractivity contribution < 1.29 is 18.3 Å². The van der Waals surface area contributed by atoms with Gasteiger partial charge in [0.2, 0.25) is 5.91 Å². The first kappa shape index (κ1) is 23.1. The number of nitrogens with zero attached hydrogens (tertiary/aromatic N) is 3. The Balaban J connectivity index is 1.49. The number of fused-ring (bicyclic) bond motifs is 1. The van der Waals surface area contributed by atoms with Gasteiger partial charge in [-0.15, -0.1) is 11.8 Å². The fourth-order valence-corrected chi connectivity index (χ4v) is 5.35. The van der Waals surface area contributed by atoms with Crippen LogP contribution in [-0.4, -0.2) is 60.9 Å². The molecule has 1 aromatic heterocycles. The molecular formula is C23H25F2N3O2S2. The van der Waals surface area contributed by atoms with Gasteiger partial charge in [0.1, 0.15) is 11.3 Å². The van der Waals surface area contributed by atoms with E-state index in [9.17, 15) is 13.6 Å². The normalized spacial score (nSPS) is 14.7. The van der Waals surface area contributed by atoms with Crippen LogP contribution in [0.3, 0.4) is 0 Å². The highest BCUT2D eigenvalue weighted by molar-refractivity contribution is 8.00. The van der Waals surface area contributed by atoms with E-state index in [1.54, 1.807) is 4.90 Å². The fourth-order valence-electron chi connectivity index (χ4n) is 3.52. The summed E-state index contributed by atoms with van der Waals surface area (Å²) in [6, 6.07) is 10.1. The smallest absolute Gasteiger partial charge is 0.239 e. The van der Waals surface area contributed by atoms with Crippen molar-refractivity contribution in [1.29, 1.82) is 0 Å². The summed E-state index contributed by atoms with van der Waals surface area (Å²) in [5.41, 5.74) is 1.26. The van der Waals surface area contributed by atoms with Crippen LogP contribution in [0.2, 0.25) is 0 Å². The molecule has 5 nitrogen and oxygen atoms in total. The highest BCUT2D eigenvalue weighted by atomic mass is 32.2. The number of carbonyl (C=O) groups is 1. The highest BCUT2D eigenvalue weighted by Gasteiger charge is 2.22. The summed E-state index contributed by atoms with van der Waals surface area (Å²) in [5.74, 6) is -1.21. The first-order valence-electron chi connectivity index (χ1n) is 10.5. The van der Waals surface area contributed by atoms with Crippen LogP contribution in [0.1, 0.15) is 12.0 Å². The van der Waals surface area contributed by atoms with Gasteiger partial charge in [-0.2, -0.15) is 0 Å². The van der Waals surface area contributed by atoms with Gasteiger partial charge >= 0.3 is 0 Å². The molecule has 9 heteroatoms. The van der Waals surface area contributed by atoms with Gasteiger partial charge in [-0.05, 0) is 31.5 Å². The summed E-state index contributed by atoms with van der Waals surface area (Å²) in [4.78, 5) is 22.4. The minimum absolute atomic E-state index is 0.0995. The molecule has 0 radical (unpaired) electrons. The first-order valence-corrected chi connectivity index (χ1v) is 12.4. The third-order valence-corrected chi connectivity index (χ3v) is 7.30. The third-order valence-electron chi connectivity index (χ3n) is 5.28. The van der Waals surface area contributed by atoms with E-state index in [0.717, 1.165) is 67.1 Å². The second-order valence-corrected chi connectivity index (χ2v) is 9.74. The molecule has 0 saturated carbocycles. The maximum absolute atomic E-state index is 14.2. The molecule has 1 aliphatic rings. The molecule has 32 heavy (non-hydrogen) atoms. The molecule has 0 aliphatic carbocycles. The van der Waals surface area contributed by atoms with E-state index in [-0.39, 0.29) is 17.2 Å². The van der Waals surface area contributed by atoms with Gasteiger partial charge < -0.3 is 4.74 Å². The molecule has 0 atom stereocenters. The zero-order valence-electron chi connectivity index (χ0n) is 17.9. The molecule has 0 spiro atoms. The highest BCUT2D eigenvalue weighted by Crippen LogP contribution is 2.32. The van der Waals surface area contributed by atoms with Crippen molar-refractivity contribution in [2.45, 2.75) is 18.2 Å². The number of benzene rings is 2. The summed E-state index contributed by atoms with van der Waals surface area (Å²) < 4.78 is 33.6. The Labute approximate surface area is 194 Å². The van der Waals surface area contributed by atoms with Gasteiger partial charge in [0, 0.05) is 37.1 Å². The van der Waals surface area contributed by atoms with Gasteiger partial charge in [-0.3, -0.25) is 14.6 Å². The lowest BCUT2D eigenvalue weighted by Crippen LogP contribution is -2.39. The number of anilines is 1. The maximum atomic E-state index is 14.2. The molecule has 0 unspecified atom stereocenters. The number of hydrogen-bond acceptors (Lipinski definition) is 6. The number of halogens is 2. The molecule has 4 rings (SSSR count).